The van der Waals surface area contributed by atoms with Crippen LogP contribution in [0.15, 0.2) is 97.1 Å². The first-order chi connectivity index (χ1) is 29.8. The van der Waals surface area contributed by atoms with E-state index in [2.05, 4.69) is 19.2 Å². The van der Waals surface area contributed by atoms with Gasteiger partial charge >= 0.3 is 17.9 Å². The van der Waals surface area contributed by atoms with Crippen molar-refractivity contribution in [3.63, 3.8) is 0 Å². The van der Waals surface area contributed by atoms with Crippen LogP contribution in [-0.4, -0.2) is 88.5 Å². The summed E-state index contributed by atoms with van der Waals surface area (Å²) in [4.78, 5) is 40.1. The molecule has 0 aliphatic heterocycles. The average molecular weight is 856 g/mol. The van der Waals surface area contributed by atoms with Crippen LogP contribution >= 0.6 is 11.3 Å². The lowest BCUT2D eigenvalue weighted by Gasteiger charge is -2.27. The molecule has 61 heavy (non-hydrogen) atoms. The molecular weight excluding hydrogens is 799 g/mol. The highest BCUT2D eigenvalue weighted by molar-refractivity contribution is 7.22. The van der Waals surface area contributed by atoms with E-state index < -0.39 is 11.9 Å². The van der Waals surface area contributed by atoms with Crippen LogP contribution in [0.1, 0.15) is 62.5 Å². The van der Waals surface area contributed by atoms with Gasteiger partial charge in [-0.25, -0.2) is 19.6 Å². The van der Waals surface area contributed by atoms with E-state index in [4.69, 9.17) is 43.2 Å². The predicted molar refractivity (Wildman–Crippen MR) is 237 cm³/mol. The van der Waals surface area contributed by atoms with Crippen molar-refractivity contribution in [3.05, 3.63) is 103 Å². The highest BCUT2D eigenvalue weighted by Crippen LogP contribution is 2.32. The smallest absolute Gasteiger partial charge is 0.330 e. The number of carbonyl (C=O) groups is 3. The molecule has 326 valence electrons. The number of carbonyl (C=O) groups excluding carboxylic acids is 3. The first-order valence-electron chi connectivity index (χ1n) is 20.9. The van der Waals surface area contributed by atoms with Crippen molar-refractivity contribution >= 4 is 50.8 Å². The van der Waals surface area contributed by atoms with Gasteiger partial charge in [-0.15, -0.1) is 0 Å². The van der Waals surface area contributed by atoms with Crippen LogP contribution in [0.25, 0.3) is 10.2 Å². The minimum absolute atomic E-state index is 0.159. The van der Waals surface area contributed by atoms with E-state index in [-0.39, 0.29) is 25.1 Å². The Bertz CT molecular complexity index is 1990. The summed E-state index contributed by atoms with van der Waals surface area (Å²) in [6.07, 6.45) is 10.9. The van der Waals surface area contributed by atoms with Gasteiger partial charge in [0, 0.05) is 17.7 Å². The predicted octanol–water partition coefficient (Wildman–Crippen LogP) is 8.67. The van der Waals surface area contributed by atoms with Crippen molar-refractivity contribution in [1.82, 2.24) is 4.98 Å². The summed E-state index contributed by atoms with van der Waals surface area (Å²) >= 11 is 1.56. The van der Waals surface area contributed by atoms with Crippen molar-refractivity contribution in [2.45, 2.75) is 58.3 Å². The Balaban J connectivity index is 1.05. The number of thiazole rings is 1. The molecular formula is C47H57N3O10S. The number of esters is 3. The van der Waals surface area contributed by atoms with Crippen LogP contribution in [0.3, 0.4) is 0 Å². The van der Waals surface area contributed by atoms with Gasteiger partial charge in [0.15, 0.2) is 0 Å². The number of anilines is 1. The molecule has 0 bridgehead atoms. The Hall–Kier alpha value is -5.57. The maximum absolute atomic E-state index is 13.1. The zero-order valence-electron chi connectivity index (χ0n) is 35.0. The molecule has 13 nitrogen and oxygen atoms in total. The highest BCUT2D eigenvalue weighted by atomic mass is 32.1. The van der Waals surface area contributed by atoms with E-state index in [9.17, 15) is 14.4 Å². The second kappa shape index (κ2) is 25.9. The van der Waals surface area contributed by atoms with Crippen molar-refractivity contribution in [2.24, 2.45) is 16.9 Å². The monoisotopic (exact) mass is 855 g/mol. The van der Waals surface area contributed by atoms with Gasteiger partial charge in [-0.1, -0.05) is 48.3 Å². The van der Waals surface area contributed by atoms with Gasteiger partial charge in [0.05, 0.1) is 75.1 Å². The standard InChI is InChI=1S/C47H57N3O10S/c1-4-44(51)57-26-11-7-6-10-25-56-39-19-21-40(22-20-39)60-46(53)37-17-15-36(16-18-37)34-59-42-23-14-35(3)32-38(42)33-48-50(47-49-41-12-8-9-13-43(41)61-47)24-27-54-28-29-55-30-31-58-45(52)5-2/h4-5,8-9,12-14,19-23,32-33,36-37H,1-2,6-7,10-11,15-18,24-31,34H2,3H3/b48-33+. The number of hydrogen-bond donors (Lipinski definition) is 0. The molecule has 0 saturated heterocycles. The summed E-state index contributed by atoms with van der Waals surface area (Å²) in [6, 6.07) is 21.2. The van der Waals surface area contributed by atoms with Crippen molar-refractivity contribution in [2.75, 3.05) is 64.4 Å². The number of benzene rings is 3. The fourth-order valence-corrected chi connectivity index (χ4v) is 7.44. The summed E-state index contributed by atoms with van der Waals surface area (Å²) < 4.78 is 40.3. The van der Waals surface area contributed by atoms with Gasteiger partial charge in [-0.05, 0) is 113 Å². The van der Waals surface area contributed by atoms with Gasteiger partial charge < -0.3 is 33.2 Å². The first kappa shape index (κ1) is 46.5. The summed E-state index contributed by atoms with van der Waals surface area (Å²) in [6.45, 7) is 12.3. The minimum Gasteiger partial charge on any atom is -0.494 e. The van der Waals surface area contributed by atoms with Gasteiger partial charge in [-0.3, -0.25) is 4.79 Å². The molecule has 14 heteroatoms. The largest absolute Gasteiger partial charge is 0.494 e. The van der Waals surface area contributed by atoms with Crippen LogP contribution in [-0.2, 0) is 33.3 Å². The van der Waals surface area contributed by atoms with E-state index in [1.165, 1.54) is 6.08 Å². The van der Waals surface area contributed by atoms with E-state index in [1.54, 1.807) is 23.5 Å². The summed E-state index contributed by atoms with van der Waals surface area (Å²) in [5.41, 5.74) is 2.84. The number of unbranched alkanes of at least 4 members (excludes halogenated alkanes) is 3. The molecule has 1 aliphatic carbocycles. The number of para-hydroxylation sites is 1. The number of aryl methyl sites for hydroxylation is 1. The number of aromatic nitrogens is 1. The molecule has 1 aromatic heterocycles. The van der Waals surface area contributed by atoms with Gasteiger partial charge in [0.1, 0.15) is 23.9 Å². The molecule has 5 rings (SSSR count). The quantitative estimate of drug-likeness (QED) is 0.0141. The molecule has 0 atom stereocenters. The van der Waals surface area contributed by atoms with E-state index in [1.807, 2.05) is 66.7 Å². The third-order valence-electron chi connectivity index (χ3n) is 9.88. The lowest BCUT2D eigenvalue weighted by Crippen LogP contribution is -2.27. The molecule has 1 saturated carbocycles. The summed E-state index contributed by atoms with van der Waals surface area (Å²) in [5, 5.41) is 7.47. The van der Waals surface area contributed by atoms with Crippen LogP contribution < -0.4 is 19.2 Å². The molecule has 1 heterocycles. The van der Waals surface area contributed by atoms with Gasteiger partial charge in [-0.2, -0.15) is 5.10 Å². The van der Waals surface area contributed by atoms with Crippen LogP contribution in [0.2, 0.25) is 0 Å². The molecule has 0 N–H and O–H groups in total. The van der Waals surface area contributed by atoms with Crippen molar-refractivity contribution in [1.29, 1.82) is 0 Å². The Morgan fingerprint density at radius 1 is 0.770 bits per heavy atom. The minimum atomic E-state index is -0.478. The number of hydrogen-bond acceptors (Lipinski definition) is 14. The normalized spacial score (nSPS) is 15.0. The maximum atomic E-state index is 13.1. The molecule has 0 spiro atoms. The number of fused-ring (bicyclic) bond motifs is 1. The van der Waals surface area contributed by atoms with Gasteiger partial charge in [0.25, 0.3) is 0 Å². The molecule has 1 fully saturated rings. The van der Waals surface area contributed by atoms with Crippen LogP contribution in [0.5, 0.6) is 17.2 Å². The first-order valence-corrected chi connectivity index (χ1v) is 21.7. The SMILES string of the molecule is C=CC(=O)OCCCCCCOc1ccc(OC(=O)C2CCC(COc3ccc(C)cc3/C=N/N(CCOCCOCCOC(=O)C=C)c3nc4ccccc4s3)CC2)cc1. The lowest BCUT2D eigenvalue weighted by atomic mass is 9.82. The second-order valence-electron chi connectivity index (χ2n) is 14.5. The number of rotatable bonds is 27. The zero-order valence-corrected chi connectivity index (χ0v) is 35.8. The van der Waals surface area contributed by atoms with Gasteiger partial charge in [0.2, 0.25) is 5.13 Å². The van der Waals surface area contributed by atoms with Crippen molar-refractivity contribution in [3.8, 4) is 17.2 Å². The maximum Gasteiger partial charge on any atom is 0.330 e. The molecule has 0 radical (unpaired) electrons. The summed E-state index contributed by atoms with van der Waals surface area (Å²) in [7, 11) is 0. The van der Waals surface area contributed by atoms with Crippen LogP contribution in [0.4, 0.5) is 5.13 Å². The fraction of sp³-hybridized carbons (Fsp3) is 0.426. The zero-order chi connectivity index (χ0) is 43.1. The molecule has 4 aromatic rings. The molecule has 0 unspecified atom stereocenters. The Kier molecular flexibility index (Phi) is 19.8. The van der Waals surface area contributed by atoms with Crippen LogP contribution in [0, 0.1) is 18.8 Å². The van der Waals surface area contributed by atoms with E-state index >= 15 is 0 Å². The topological polar surface area (TPSA) is 144 Å². The third kappa shape index (κ3) is 16.4. The molecule has 1 aliphatic rings. The molecule has 3 aromatic carbocycles. The Morgan fingerprint density at radius 3 is 2.18 bits per heavy atom. The number of hydrazone groups is 1. The third-order valence-corrected chi connectivity index (χ3v) is 10.9. The van der Waals surface area contributed by atoms with E-state index in [0.717, 1.165) is 95.4 Å². The van der Waals surface area contributed by atoms with E-state index in [0.29, 0.717) is 57.9 Å². The lowest BCUT2D eigenvalue weighted by molar-refractivity contribution is -0.140. The summed E-state index contributed by atoms with van der Waals surface area (Å²) in [5.74, 6) is 1.05. The average Bonchev–Trinajstić information content (AvgIpc) is 3.72. The molecule has 0 amide bonds. The Morgan fingerprint density at radius 2 is 1.44 bits per heavy atom. The fourth-order valence-electron chi connectivity index (χ4n) is 6.49. The Labute approximate surface area is 362 Å². The second-order valence-corrected chi connectivity index (χ2v) is 15.5. The number of ether oxygens (including phenoxy) is 7. The van der Waals surface area contributed by atoms with Crippen molar-refractivity contribution < 1.29 is 47.5 Å². The number of nitrogens with zero attached hydrogens (tertiary/aromatic N) is 3. The highest BCUT2D eigenvalue weighted by Gasteiger charge is 2.28.